The lowest BCUT2D eigenvalue weighted by molar-refractivity contribution is -0.385. The van der Waals surface area contributed by atoms with E-state index in [9.17, 15) is 14.5 Å². The molecule has 0 spiro atoms. The summed E-state index contributed by atoms with van der Waals surface area (Å²) < 4.78 is 14.3. The topological polar surface area (TPSA) is 93.0 Å². The fourth-order valence-corrected chi connectivity index (χ4v) is 3.49. The predicted molar refractivity (Wildman–Crippen MR) is 113 cm³/mol. The minimum atomic E-state index is -0.638. The van der Waals surface area contributed by atoms with Gasteiger partial charge in [0.15, 0.2) is 5.82 Å². The van der Waals surface area contributed by atoms with Crippen LogP contribution in [0.15, 0.2) is 36.7 Å². The zero-order valence-electron chi connectivity index (χ0n) is 16.0. The Morgan fingerprint density at radius 2 is 2.20 bits per heavy atom. The monoisotopic (exact) mass is 425 g/mol. The molecule has 1 aliphatic rings. The van der Waals surface area contributed by atoms with Crippen molar-refractivity contribution < 1.29 is 9.31 Å². The van der Waals surface area contributed by atoms with Gasteiger partial charge in [-0.1, -0.05) is 29.5 Å². The van der Waals surface area contributed by atoms with Crippen molar-refractivity contribution in [1.29, 1.82) is 0 Å². The van der Waals surface area contributed by atoms with Crippen molar-refractivity contribution in [2.24, 2.45) is 5.41 Å². The van der Waals surface area contributed by atoms with Crippen molar-refractivity contribution in [1.82, 2.24) is 15.3 Å². The van der Waals surface area contributed by atoms with Gasteiger partial charge in [0.25, 0.3) is 5.69 Å². The lowest BCUT2D eigenvalue weighted by Gasteiger charge is -2.13. The third-order valence-corrected chi connectivity index (χ3v) is 5.31. The molecular weight excluding hydrogens is 409 g/mol. The van der Waals surface area contributed by atoms with Gasteiger partial charge in [0.1, 0.15) is 17.7 Å². The normalized spacial score (nSPS) is 18.1. The van der Waals surface area contributed by atoms with Gasteiger partial charge in [0, 0.05) is 23.4 Å². The molecule has 3 aromatic rings. The first-order chi connectivity index (χ1) is 14.4. The first kappa shape index (κ1) is 20.0. The van der Waals surface area contributed by atoms with E-state index in [0.29, 0.717) is 10.9 Å². The molecule has 2 aromatic carbocycles. The van der Waals surface area contributed by atoms with Crippen LogP contribution in [0.2, 0.25) is 5.02 Å². The second-order valence-electron chi connectivity index (χ2n) is 7.33. The quantitative estimate of drug-likeness (QED) is 0.366. The number of hydrogen-bond donors (Lipinski definition) is 2. The number of rotatable bonds is 3. The second kappa shape index (κ2) is 7.86. The Bertz CT molecular complexity index is 1220. The molecule has 4 rings (SSSR count). The van der Waals surface area contributed by atoms with Gasteiger partial charge in [-0.2, -0.15) is 0 Å². The molecule has 1 aromatic heterocycles. The van der Waals surface area contributed by atoms with E-state index in [2.05, 4.69) is 32.4 Å². The minimum absolute atomic E-state index is 0.0446. The van der Waals surface area contributed by atoms with E-state index in [-0.39, 0.29) is 33.2 Å². The summed E-state index contributed by atoms with van der Waals surface area (Å²) >= 11 is 5.83. The predicted octanol–water partition coefficient (Wildman–Crippen LogP) is 4.43. The number of nitrogens with zero attached hydrogens (tertiary/aromatic N) is 3. The van der Waals surface area contributed by atoms with Crippen molar-refractivity contribution in [3.63, 3.8) is 0 Å². The van der Waals surface area contributed by atoms with Gasteiger partial charge < -0.3 is 10.6 Å². The standard InChI is InChI=1S/C21H17ClFN5O2/c1-21(7-8-24-11-21)6-5-13-9-17-14(10-18(13)28(29)30)20(26-12-25-17)27-16-4-2-3-15(22)19(16)23/h2-4,9-10,12,24H,7-8,11H2,1H3,(H,25,26,27)/t21-/m1/s1. The summed E-state index contributed by atoms with van der Waals surface area (Å²) in [5, 5.41) is 18.1. The van der Waals surface area contributed by atoms with E-state index in [1.54, 1.807) is 12.1 Å². The summed E-state index contributed by atoms with van der Waals surface area (Å²) in [6.45, 7) is 3.63. The SMILES string of the molecule is C[C@@]1(C#Cc2cc3ncnc(Nc4cccc(Cl)c4F)c3cc2[N+](=O)[O-])CCNC1. The number of nitro benzene ring substituents is 1. The average molecular weight is 426 g/mol. The van der Waals surface area contributed by atoms with Crippen LogP contribution in [0.4, 0.5) is 21.6 Å². The van der Waals surface area contributed by atoms with Crippen LogP contribution in [-0.2, 0) is 0 Å². The number of nitrogens with one attached hydrogen (secondary N) is 2. The highest BCUT2D eigenvalue weighted by Crippen LogP contribution is 2.32. The van der Waals surface area contributed by atoms with Gasteiger partial charge in [0.05, 0.1) is 21.2 Å². The van der Waals surface area contributed by atoms with Gasteiger partial charge in [-0.3, -0.25) is 10.1 Å². The Kier molecular flexibility index (Phi) is 5.24. The summed E-state index contributed by atoms with van der Waals surface area (Å²) in [4.78, 5) is 19.5. The van der Waals surface area contributed by atoms with Crippen LogP contribution in [0.25, 0.3) is 10.9 Å². The molecule has 1 aliphatic heterocycles. The van der Waals surface area contributed by atoms with Gasteiger partial charge in [-0.25, -0.2) is 14.4 Å². The molecule has 0 unspecified atom stereocenters. The molecule has 1 saturated heterocycles. The summed E-state index contributed by atoms with van der Waals surface area (Å²) in [7, 11) is 0. The smallest absolute Gasteiger partial charge is 0.285 e. The maximum absolute atomic E-state index is 14.3. The highest BCUT2D eigenvalue weighted by atomic mass is 35.5. The number of fused-ring (bicyclic) bond motifs is 1. The van der Waals surface area contributed by atoms with E-state index in [1.165, 1.54) is 24.5 Å². The van der Waals surface area contributed by atoms with Crippen molar-refractivity contribution in [2.75, 3.05) is 18.4 Å². The number of aromatic nitrogens is 2. The molecular formula is C21H17ClFN5O2. The summed E-state index contributed by atoms with van der Waals surface area (Å²) in [6, 6.07) is 7.44. The first-order valence-corrected chi connectivity index (χ1v) is 9.62. The molecule has 9 heteroatoms. The van der Waals surface area contributed by atoms with E-state index < -0.39 is 10.7 Å². The molecule has 0 aliphatic carbocycles. The first-order valence-electron chi connectivity index (χ1n) is 9.24. The summed E-state index contributed by atoms with van der Waals surface area (Å²) in [6.07, 6.45) is 2.18. The van der Waals surface area contributed by atoms with Crippen molar-refractivity contribution >= 4 is 39.7 Å². The molecule has 1 atom stereocenters. The van der Waals surface area contributed by atoms with Gasteiger partial charge in [-0.15, -0.1) is 0 Å². The zero-order valence-corrected chi connectivity index (χ0v) is 16.8. The van der Waals surface area contributed by atoms with E-state index in [0.717, 1.165) is 19.5 Å². The Balaban J connectivity index is 1.80. The molecule has 30 heavy (non-hydrogen) atoms. The Labute approximate surface area is 176 Å². The number of anilines is 2. The highest BCUT2D eigenvalue weighted by Gasteiger charge is 2.26. The molecule has 7 nitrogen and oxygen atoms in total. The van der Waals surface area contributed by atoms with Gasteiger partial charge in [0.2, 0.25) is 0 Å². The molecule has 2 N–H and O–H groups in total. The zero-order chi connectivity index (χ0) is 21.3. The summed E-state index contributed by atoms with van der Waals surface area (Å²) in [5.41, 5.74) is 0.453. The highest BCUT2D eigenvalue weighted by molar-refractivity contribution is 6.31. The number of halogens is 2. The van der Waals surface area contributed by atoms with E-state index >= 15 is 0 Å². The lowest BCUT2D eigenvalue weighted by atomic mass is 9.90. The summed E-state index contributed by atoms with van der Waals surface area (Å²) in [5.74, 6) is 5.72. The van der Waals surface area contributed by atoms with Gasteiger partial charge in [-0.05, 0) is 38.1 Å². The molecule has 2 heterocycles. The molecule has 0 amide bonds. The van der Waals surface area contributed by atoms with Crippen LogP contribution >= 0.6 is 11.6 Å². The van der Waals surface area contributed by atoms with Crippen LogP contribution in [0.5, 0.6) is 0 Å². The average Bonchev–Trinajstić information content (AvgIpc) is 3.16. The van der Waals surface area contributed by atoms with Crippen LogP contribution in [-0.4, -0.2) is 28.0 Å². The molecule has 0 bridgehead atoms. The Morgan fingerprint density at radius 3 is 2.93 bits per heavy atom. The van der Waals surface area contributed by atoms with Crippen LogP contribution in [0.3, 0.4) is 0 Å². The largest absolute Gasteiger partial charge is 0.337 e. The Morgan fingerprint density at radius 1 is 1.37 bits per heavy atom. The molecule has 0 radical (unpaired) electrons. The Hall–Kier alpha value is -3.28. The van der Waals surface area contributed by atoms with Crippen molar-refractivity contribution in [3.8, 4) is 11.8 Å². The molecule has 1 fully saturated rings. The lowest BCUT2D eigenvalue weighted by Crippen LogP contribution is -2.17. The number of benzene rings is 2. The minimum Gasteiger partial charge on any atom is -0.337 e. The fourth-order valence-electron chi connectivity index (χ4n) is 3.31. The van der Waals surface area contributed by atoms with Crippen molar-refractivity contribution in [2.45, 2.75) is 13.3 Å². The maximum atomic E-state index is 14.3. The van der Waals surface area contributed by atoms with E-state index in [1.807, 2.05) is 6.92 Å². The third-order valence-electron chi connectivity index (χ3n) is 5.02. The van der Waals surface area contributed by atoms with Crippen molar-refractivity contribution in [3.05, 3.63) is 63.2 Å². The van der Waals surface area contributed by atoms with Gasteiger partial charge >= 0.3 is 0 Å². The molecule has 0 saturated carbocycles. The number of hydrogen-bond acceptors (Lipinski definition) is 6. The van der Waals surface area contributed by atoms with E-state index in [4.69, 9.17) is 11.6 Å². The van der Waals surface area contributed by atoms with Crippen LogP contribution in [0.1, 0.15) is 18.9 Å². The third kappa shape index (κ3) is 3.90. The van der Waals surface area contributed by atoms with Crippen LogP contribution in [0, 0.1) is 33.2 Å². The van der Waals surface area contributed by atoms with Crippen LogP contribution < -0.4 is 10.6 Å². The maximum Gasteiger partial charge on any atom is 0.285 e. The second-order valence-corrected chi connectivity index (χ2v) is 7.74. The molecule has 152 valence electrons. The fraction of sp³-hybridized carbons (Fsp3) is 0.238. The number of nitro groups is 1.